The second-order valence-corrected chi connectivity index (χ2v) is 6.52. The summed E-state index contributed by atoms with van der Waals surface area (Å²) in [5, 5.41) is 13.7. The first-order valence-corrected chi connectivity index (χ1v) is 7.86. The molecular weight excluding hydrogens is 303 g/mol. The molecule has 1 saturated heterocycles. The van der Waals surface area contributed by atoms with Crippen LogP contribution in [0.5, 0.6) is 0 Å². The number of aliphatic hydroxyl groups is 1. The predicted octanol–water partition coefficient (Wildman–Crippen LogP) is 3.06. The predicted molar refractivity (Wildman–Crippen MR) is 83.8 cm³/mol. The van der Waals surface area contributed by atoms with Gasteiger partial charge in [0, 0.05) is 18.5 Å². The number of aliphatic imine (C=N–C) groups is 1. The Balaban J connectivity index is 1.91. The van der Waals surface area contributed by atoms with Gasteiger partial charge in [0.2, 0.25) is 5.78 Å². The number of anilines is 1. The highest BCUT2D eigenvalue weighted by molar-refractivity contribution is 7.14. The van der Waals surface area contributed by atoms with Gasteiger partial charge < -0.3 is 10.0 Å². The maximum atomic E-state index is 13.8. The quantitative estimate of drug-likeness (QED) is 0.880. The smallest absolute Gasteiger partial charge is 0.204 e. The monoisotopic (exact) mass is 316 g/mol. The molecule has 4 nitrogen and oxygen atoms in total. The summed E-state index contributed by atoms with van der Waals surface area (Å²) < 4.78 is 13.8. The highest BCUT2D eigenvalue weighted by Gasteiger charge is 2.52. The Labute approximate surface area is 130 Å². The van der Waals surface area contributed by atoms with Gasteiger partial charge in [-0.05, 0) is 42.1 Å². The minimum absolute atomic E-state index is 0.155. The third kappa shape index (κ3) is 1.71. The average Bonchev–Trinajstić information content (AvgIpc) is 3.11. The van der Waals surface area contributed by atoms with Crippen molar-refractivity contribution < 1.29 is 14.3 Å². The van der Waals surface area contributed by atoms with E-state index in [-0.39, 0.29) is 12.0 Å². The van der Waals surface area contributed by atoms with E-state index in [2.05, 4.69) is 4.99 Å². The second kappa shape index (κ2) is 4.47. The highest BCUT2D eigenvalue weighted by atomic mass is 32.1. The van der Waals surface area contributed by atoms with E-state index in [4.69, 9.17) is 0 Å². The van der Waals surface area contributed by atoms with Crippen LogP contribution in [0.15, 0.2) is 34.6 Å². The number of hydrogen-bond acceptors (Lipinski definition) is 5. The van der Waals surface area contributed by atoms with Gasteiger partial charge in [-0.3, -0.25) is 4.79 Å². The molecule has 0 saturated carbocycles. The average molecular weight is 316 g/mol. The molecule has 0 aliphatic carbocycles. The van der Waals surface area contributed by atoms with E-state index < -0.39 is 17.2 Å². The number of aryl methyl sites for hydroxylation is 1. The summed E-state index contributed by atoms with van der Waals surface area (Å²) in [6.07, 6.45) is 0.261. The van der Waals surface area contributed by atoms with Crippen LogP contribution in [-0.4, -0.2) is 28.9 Å². The Hall–Kier alpha value is -2.05. The van der Waals surface area contributed by atoms with Gasteiger partial charge >= 0.3 is 0 Å². The first-order chi connectivity index (χ1) is 10.5. The van der Waals surface area contributed by atoms with Crippen molar-refractivity contribution in [3.63, 3.8) is 0 Å². The molecule has 3 heterocycles. The van der Waals surface area contributed by atoms with E-state index in [0.29, 0.717) is 23.6 Å². The molecule has 2 aliphatic rings. The summed E-state index contributed by atoms with van der Waals surface area (Å²) in [6.45, 7) is 2.14. The van der Waals surface area contributed by atoms with Crippen LogP contribution in [0.4, 0.5) is 15.1 Å². The number of amidine groups is 1. The Morgan fingerprint density at radius 2 is 2.27 bits per heavy atom. The normalized spacial score (nSPS) is 23.3. The van der Waals surface area contributed by atoms with Crippen LogP contribution in [-0.2, 0) is 0 Å². The summed E-state index contributed by atoms with van der Waals surface area (Å²) in [6, 6.07) is 6.57. The van der Waals surface area contributed by atoms with Crippen molar-refractivity contribution in [3.8, 4) is 0 Å². The molecule has 4 rings (SSSR count). The van der Waals surface area contributed by atoms with Crippen LogP contribution in [0.1, 0.15) is 22.3 Å². The number of halogens is 1. The number of benzene rings is 1. The van der Waals surface area contributed by atoms with Crippen LogP contribution in [0.25, 0.3) is 0 Å². The third-order valence-corrected chi connectivity index (χ3v) is 5.11. The standard InChI is InChI=1S/C16H13FN2O2S/c1-9-7-12-10(8-11(9)17)14(20)16(21)4-5-19(15(16)18-12)13-3-2-6-22-13/h2-3,6-8,21H,4-5H2,1H3. The molecular formula is C16H13FN2O2S. The first-order valence-electron chi connectivity index (χ1n) is 6.98. The van der Waals surface area contributed by atoms with E-state index in [1.165, 1.54) is 17.4 Å². The molecule has 22 heavy (non-hydrogen) atoms. The SMILES string of the molecule is Cc1cc2c(cc1F)C(=O)C1(O)CCN(c3cccs3)C1=N2. The van der Waals surface area contributed by atoms with Crippen LogP contribution >= 0.6 is 11.3 Å². The van der Waals surface area contributed by atoms with Crippen LogP contribution in [0.3, 0.4) is 0 Å². The second-order valence-electron chi connectivity index (χ2n) is 5.60. The van der Waals surface area contributed by atoms with Gasteiger partial charge in [-0.2, -0.15) is 0 Å². The Morgan fingerprint density at radius 3 is 3.00 bits per heavy atom. The lowest BCUT2D eigenvalue weighted by Gasteiger charge is -2.29. The first kappa shape index (κ1) is 13.6. The summed E-state index contributed by atoms with van der Waals surface area (Å²) in [5.41, 5.74) is -0.644. The minimum atomic E-state index is -1.65. The zero-order valence-electron chi connectivity index (χ0n) is 11.8. The molecule has 1 fully saturated rings. The van der Waals surface area contributed by atoms with Gasteiger partial charge in [-0.25, -0.2) is 9.38 Å². The zero-order chi connectivity index (χ0) is 15.5. The highest BCUT2D eigenvalue weighted by Crippen LogP contribution is 2.41. The Bertz CT molecular complexity index is 816. The largest absolute Gasteiger partial charge is 0.374 e. The molecule has 1 atom stereocenters. The molecule has 1 aromatic carbocycles. The number of carbonyl (C=O) groups is 1. The fourth-order valence-electron chi connectivity index (χ4n) is 3.00. The van der Waals surface area contributed by atoms with E-state index in [1.54, 1.807) is 13.0 Å². The minimum Gasteiger partial charge on any atom is -0.374 e. The number of hydrogen-bond donors (Lipinski definition) is 1. The number of thiophene rings is 1. The molecule has 112 valence electrons. The molecule has 0 spiro atoms. The Morgan fingerprint density at radius 1 is 1.45 bits per heavy atom. The molecule has 1 unspecified atom stereocenters. The maximum absolute atomic E-state index is 13.8. The summed E-state index contributed by atoms with van der Waals surface area (Å²) >= 11 is 1.53. The van der Waals surface area contributed by atoms with Crippen LogP contribution in [0, 0.1) is 12.7 Å². The zero-order valence-corrected chi connectivity index (χ0v) is 12.7. The van der Waals surface area contributed by atoms with Gasteiger partial charge in [0.25, 0.3) is 0 Å². The molecule has 2 aliphatic heterocycles. The van der Waals surface area contributed by atoms with Crippen molar-refractivity contribution in [2.24, 2.45) is 4.99 Å². The fourth-order valence-corrected chi connectivity index (χ4v) is 3.76. The summed E-state index contributed by atoms with van der Waals surface area (Å²) in [7, 11) is 0. The van der Waals surface area contributed by atoms with Gasteiger partial charge in [0.1, 0.15) is 5.82 Å². The molecule has 0 radical (unpaired) electrons. The number of rotatable bonds is 1. The van der Waals surface area contributed by atoms with Crippen molar-refractivity contribution in [1.82, 2.24) is 0 Å². The summed E-state index contributed by atoms with van der Waals surface area (Å²) in [5.74, 6) is -0.577. The molecule has 6 heteroatoms. The van der Waals surface area contributed by atoms with E-state index >= 15 is 0 Å². The van der Waals surface area contributed by atoms with Crippen molar-refractivity contribution in [1.29, 1.82) is 0 Å². The van der Waals surface area contributed by atoms with Gasteiger partial charge in [0.05, 0.1) is 10.7 Å². The van der Waals surface area contributed by atoms with Crippen molar-refractivity contribution in [2.75, 3.05) is 11.4 Å². The lowest BCUT2D eigenvalue weighted by atomic mass is 9.87. The number of carbonyl (C=O) groups excluding carboxylic acids is 1. The lowest BCUT2D eigenvalue weighted by Crippen LogP contribution is -2.48. The summed E-state index contributed by atoms with van der Waals surface area (Å²) in [4.78, 5) is 19.0. The number of ketones is 1. The fraction of sp³-hybridized carbons (Fsp3) is 0.250. The van der Waals surface area contributed by atoms with Crippen LogP contribution in [0.2, 0.25) is 0 Å². The van der Waals surface area contributed by atoms with E-state index in [1.807, 2.05) is 22.4 Å². The topological polar surface area (TPSA) is 52.9 Å². The molecule has 1 aromatic heterocycles. The van der Waals surface area contributed by atoms with Crippen molar-refractivity contribution in [2.45, 2.75) is 18.9 Å². The van der Waals surface area contributed by atoms with E-state index in [0.717, 1.165) is 5.00 Å². The molecule has 0 bridgehead atoms. The van der Waals surface area contributed by atoms with Gasteiger partial charge in [0.15, 0.2) is 11.4 Å². The van der Waals surface area contributed by atoms with E-state index in [9.17, 15) is 14.3 Å². The van der Waals surface area contributed by atoms with Crippen molar-refractivity contribution in [3.05, 3.63) is 46.6 Å². The Kier molecular flexibility index (Phi) is 2.76. The molecule has 2 aromatic rings. The number of Topliss-reactive ketones (excluding diaryl/α,β-unsaturated/α-hetero) is 1. The maximum Gasteiger partial charge on any atom is 0.204 e. The molecule has 0 amide bonds. The number of nitrogens with zero attached hydrogens (tertiary/aromatic N) is 2. The van der Waals surface area contributed by atoms with Crippen LogP contribution < -0.4 is 4.90 Å². The van der Waals surface area contributed by atoms with Crippen molar-refractivity contribution >= 4 is 33.6 Å². The molecule has 1 N–H and O–H groups in total. The van der Waals surface area contributed by atoms with Gasteiger partial charge in [-0.1, -0.05) is 0 Å². The number of fused-ring (bicyclic) bond motifs is 2. The third-order valence-electron chi connectivity index (χ3n) is 4.22. The lowest BCUT2D eigenvalue weighted by molar-refractivity contribution is 0.0601. The van der Waals surface area contributed by atoms with Gasteiger partial charge in [-0.15, -0.1) is 11.3 Å².